The molecule has 1 unspecified atom stereocenters. The Morgan fingerprint density at radius 3 is 2.11 bits per heavy atom. The molecular formula is C14H11F4N. The van der Waals surface area contributed by atoms with Gasteiger partial charge < -0.3 is 5.73 Å². The predicted molar refractivity (Wildman–Crippen MR) is 63.3 cm³/mol. The first-order chi connectivity index (χ1) is 8.97. The van der Waals surface area contributed by atoms with E-state index < -0.39 is 29.3 Å². The second-order valence-corrected chi connectivity index (χ2v) is 4.21. The lowest BCUT2D eigenvalue weighted by Crippen LogP contribution is -2.16. The molecule has 2 N–H and O–H groups in total. The van der Waals surface area contributed by atoms with E-state index in [4.69, 9.17) is 5.73 Å². The Hall–Kier alpha value is -1.88. The third kappa shape index (κ3) is 3.12. The van der Waals surface area contributed by atoms with E-state index in [0.29, 0.717) is 0 Å². The zero-order valence-electron chi connectivity index (χ0n) is 9.84. The second kappa shape index (κ2) is 5.40. The summed E-state index contributed by atoms with van der Waals surface area (Å²) in [5.74, 6) is -2.55. The summed E-state index contributed by atoms with van der Waals surface area (Å²) in [4.78, 5) is 0. The Morgan fingerprint density at radius 2 is 1.42 bits per heavy atom. The van der Waals surface area contributed by atoms with Crippen LogP contribution in [0.25, 0.3) is 0 Å². The Kier molecular flexibility index (Phi) is 3.85. The van der Waals surface area contributed by atoms with E-state index >= 15 is 0 Å². The molecule has 0 spiro atoms. The van der Waals surface area contributed by atoms with Crippen molar-refractivity contribution in [3.05, 3.63) is 70.8 Å². The summed E-state index contributed by atoms with van der Waals surface area (Å²) in [5, 5.41) is 0. The third-order valence-electron chi connectivity index (χ3n) is 2.81. The molecule has 0 bridgehead atoms. The van der Waals surface area contributed by atoms with E-state index in [9.17, 15) is 17.6 Å². The molecule has 0 saturated carbocycles. The summed E-state index contributed by atoms with van der Waals surface area (Å²) >= 11 is 0. The summed E-state index contributed by atoms with van der Waals surface area (Å²) in [5.41, 5.74) is 5.68. The van der Waals surface area contributed by atoms with Gasteiger partial charge in [0.25, 0.3) is 0 Å². The molecule has 100 valence electrons. The first-order valence-electron chi connectivity index (χ1n) is 5.62. The molecule has 2 aromatic rings. The summed E-state index contributed by atoms with van der Waals surface area (Å²) < 4.78 is 53.0. The molecule has 2 aromatic carbocycles. The number of hydrogen-bond acceptors (Lipinski definition) is 1. The Morgan fingerprint density at radius 1 is 0.842 bits per heavy atom. The highest BCUT2D eigenvalue weighted by molar-refractivity contribution is 5.26. The van der Waals surface area contributed by atoms with Crippen LogP contribution >= 0.6 is 0 Å². The molecule has 0 amide bonds. The Labute approximate surface area is 107 Å². The summed E-state index contributed by atoms with van der Waals surface area (Å²) in [6, 6.07) is 4.86. The van der Waals surface area contributed by atoms with Crippen molar-refractivity contribution < 1.29 is 17.6 Å². The minimum Gasteiger partial charge on any atom is -0.324 e. The fraction of sp³-hybridized carbons (Fsp3) is 0.143. The van der Waals surface area contributed by atoms with Crippen LogP contribution in [-0.4, -0.2) is 0 Å². The average Bonchev–Trinajstić information content (AvgIpc) is 2.36. The molecule has 0 saturated heterocycles. The van der Waals surface area contributed by atoms with Crippen LogP contribution in [0, 0.1) is 23.3 Å². The van der Waals surface area contributed by atoms with Gasteiger partial charge in [-0.2, -0.15) is 0 Å². The lowest BCUT2D eigenvalue weighted by atomic mass is 9.98. The van der Waals surface area contributed by atoms with Gasteiger partial charge in [-0.05, 0) is 48.4 Å². The van der Waals surface area contributed by atoms with Gasteiger partial charge in [0.2, 0.25) is 0 Å². The molecule has 0 heterocycles. The van der Waals surface area contributed by atoms with Crippen LogP contribution in [0.15, 0.2) is 36.4 Å². The molecule has 0 aliphatic carbocycles. The second-order valence-electron chi connectivity index (χ2n) is 4.21. The van der Waals surface area contributed by atoms with Crippen LogP contribution in [0.1, 0.15) is 17.2 Å². The van der Waals surface area contributed by atoms with Crippen molar-refractivity contribution in [3.8, 4) is 0 Å². The smallest absolute Gasteiger partial charge is 0.128 e. The maximum Gasteiger partial charge on any atom is 0.128 e. The van der Waals surface area contributed by atoms with Gasteiger partial charge in [-0.1, -0.05) is 0 Å². The molecule has 0 aromatic heterocycles. The van der Waals surface area contributed by atoms with Gasteiger partial charge in [0.1, 0.15) is 23.3 Å². The van der Waals surface area contributed by atoms with Crippen molar-refractivity contribution in [2.75, 3.05) is 0 Å². The zero-order chi connectivity index (χ0) is 14.0. The van der Waals surface area contributed by atoms with Crippen LogP contribution in [0.3, 0.4) is 0 Å². The standard InChI is InChI=1S/C14H11F4N/c15-9-1-3-12(17)8(5-9)6-14(19)11-7-10(16)2-4-13(11)18/h1-5,7,14H,6,19H2. The van der Waals surface area contributed by atoms with E-state index in [1.165, 1.54) is 0 Å². The molecule has 1 atom stereocenters. The summed E-state index contributed by atoms with van der Waals surface area (Å²) in [6.45, 7) is 0. The lowest BCUT2D eigenvalue weighted by molar-refractivity contribution is 0.545. The quantitative estimate of drug-likeness (QED) is 0.848. The zero-order valence-corrected chi connectivity index (χ0v) is 9.84. The molecule has 1 nitrogen and oxygen atoms in total. The van der Waals surface area contributed by atoms with Crippen molar-refractivity contribution in [2.45, 2.75) is 12.5 Å². The first kappa shape index (κ1) is 13.5. The largest absolute Gasteiger partial charge is 0.324 e. The maximum absolute atomic E-state index is 13.5. The van der Waals surface area contributed by atoms with Crippen LogP contribution in [-0.2, 0) is 6.42 Å². The van der Waals surface area contributed by atoms with Crippen molar-refractivity contribution in [3.63, 3.8) is 0 Å². The highest BCUT2D eigenvalue weighted by Gasteiger charge is 2.15. The van der Waals surface area contributed by atoms with Gasteiger partial charge in [0.05, 0.1) is 0 Å². The molecular weight excluding hydrogens is 258 g/mol. The van der Waals surface area contributed by atoms with Gasteiger partial charge in [0, 0.05) is 11.6 Å². The van der Waals surface area contributed by atoms with Gasteiger partial charge in [0.15, 0.2) is 0 Å². The first-order valence-corrected chi connectivity index (χ1v) is 5.62. The minimum absolute atomic E-state index is 0.0242. The minimum atomic E-state index is -0.952. The highest BCUT2D eigenvalue weighted by atomic mass is 19.1. The number of hydrogen-bond donors (Lipinski definition) is 1. The van der Waals surface area contributed by atoms with E-state index in [0.717, 1.165) is 36.4 Å². The number of halogens is 4. The van der Waals surface area contributed by atoms with Gasteiger partial charge in [-0.3, -0.25) is 0 Å². The molecule has 2 rings (SSSR count). The SMILES string of the molecule is NC(Cc1cc(F)ccc1F)c1cc(F)ccc1F. The summed E-state index contributed by atoms with van der Waals surface area (Å²) in [7, 11) is 0. The lowest BCUT2D eigenvalue weighted by Gasteiger charge is -2.13. The average molecular weight is 269 g/mol. The van der Waals surface area contributed by atoms with Crippen LogP contribution in [0.2, 0.25) is 0 Å². The van der Waals surface area contributed by atoms with E-state index in [1.54, 1.807) is 0 Å². The van der Waals surface area contributed by atoms with Crippen molar-refractivity contribution in [2.24, 2.45) is 5.73 Å². The van der Waals surface area contributed by atoms with Crippen molar-refractivity contribution >= 4 is 0 Å². The molecule has 0 radical (unpaired) electrons. The third-order valence-corrected chi connectivity index (χ3v) is 2.81. The molecule has 5 heteroatoms. The predicted octanol–water partition coefficient (Wildman–Crippen LogP) is 3.49. The van der Waals surface area contributed by atoms with Crippen molar-refractivity contribution in [1.29, 1.82) is 0 Å². The Bertz CT molecular complexity index is 598. The topological polar surface area (TPSA) is 26.0 Å². The number of benzene rings is 2. The fourth-order valence-corrected chi connectivity index (χ4v) is 1.85. The molecule has 0 aliphatic heterocycles. The van der Waals surface area contributed by atoms with E-state index in [-0.39, 0.29) is 17.5 Å². The molecule has 19 heavy (non-hydrogen) atoms. The number of rotatable bonds is 3. The Balaban J connectivity index is 2.27. The van der Waals surface area contributed by atoms with Gasteiger partial charge in [-0.25, -0.2) is 17.6 Å². The summed E-state index contributed by atoms with van der Waals surface area (Å²) in [6.07, 6.45) is -0.121. The molecule has 0 aliphatic rings. The van der Waals surface area contributed by atoms with Crippen molar-refractivity contribution in [1.82, 2.24) is 0 Å². The van der Waals surface area contributed by atoms with E-state index in [1.807, 2.05) is 0 Å². The van der Waals surface area contributed by atoms with Crippen LogP contribution in [0.4, 0.5) is 17.6 Å². The van der Waals surface area contributed by atoms with E-state index in [2.05, 4.69) is 0 Å². The maximum atomic E-state index is 13.5. The molecule has 0 fully saturated rings. The normalized spacial score (nSPS) is 12.5. The van der Waals surface area contributed by atoms with Crippen LogP contribution in [0.5, 0.6) is 0 Å². The van der Waals surface area contributed by atoms with Gasteiger partial charge in [-0.15, -0.1) is 0 Å². The fourth-order valence-electron chi connectivity index (χ4n) is 1.85. The number of nitrogens with two attached hydrogens (primary N) is 1. The van der Waals surface area contributed by atoms with Crippen LogP contribution < -0.4 is 5.73 Å². The highest BCUT2D eigenvalue weighted by Crippen LogP contribution is 2.22. The monoisotopic (exact) mass is 269 g/mol. The van der Waals surface area contributed by atoms with Gasteiger partial charge >= 0.3 is 0 Å².